The molecule has 0 aliphatic rings. The Morgan fingerprint density at radius 1 is 1.43 bits per heavy atom. The van der Waals surface area contributed by atoms with Gasteiger partial charge in [-0.25, -0.2) is 4.21 Å². The average Bonchev–Trinajstić information content (AvgIpc) is 0.811. The van der Waals surface area contributed by atoms with E-state index in [4.69, 9.17) is 13.3 Å². The molecule has 50 valence electrons. The summed E-state index contributed by atoms with van der Waals surface area (Å²) >= 11 is -2.86. The number of hydrogen-bond acceptors (Lipinski definition) is 2. The second-order valence-electron chi connectivity index (χ2n) is 0.217. The number of rotatable bonds is 0. The lowest BCUT2D eigenvalue weighted by Gasteiger charge is -1.83. The van der Waals surface area contributed by atoms with Crippen molar-refractivity contribution in [2.45, 2.75) is 0 Å². The van der Waals surface area contributed by atoms with Crippen LogP contribution < -0.4 is 0 Å². The molecule has 0 aromatic rings. The molecule has 0 heterocycles. The third kappa shape index (κ3) is 132. The molecule has 0 saturated carbocycles. The molecule has 0 saturated heterocycles. The van der Waals surface area contributed by atoms with Crippen LogP contribution in [0.1, 0.15) is 0 Å². The van der Waals surface area contributed by atoms with Crippen LogP contribution in [0, 0.1) is 0 Å². The van der Waals surface area contributed by atoms with Crippen molar-refractivity contribution in [2.24, 2.45) is 0 Å². The molecule has 3 nitrogen and oxygen atoms in total. The zero-order chi connectivity index (χ0) is 3.58. The van der Waals surface area contributed by atoms with Crippen molar-refractivity contribution in [3.05, 3.63) is 0 Å². The van der Waals surface area contributed by atoms with Crippen molar-refractivity contribution in [3.63, 3.8) is 0 Å². The molecule has 0 aromatic carbocycles. The Morgan fingerprint density at radius 3 is 1.43 bits per heavy atom. The summed E-state index contributed by atoms with van der Waals surface area (Å²) in [4.78, 5) is 0. The first-order valence-electron chi connectivity index (χ1n) is 0.516. The quantitative estimate of drug-likeness (QED) is 0.423. The zero-order valence-electron chi connectivity index (χ0n) is 3.49. The summed E-state index contributed by atoms with van der Waals surface area (Å²) in [5, 5.41) is 0. The second kappa shape index (κ2) is 15.7. The first-order chi connectivity index (χ1) is 1.73. The van der Waals surface area contributed by atoms with Crippen LogP contribution in [-0.2, 0) is 11.4 Å². The first-order valence-corrected chi connectivity index (χ1v) is 1.55. The molecule has 0 amide bonds. The summed E-state index contributed by atoms with van der Waals surface area (Å²) in [5.74, 6) is 0. The fraction of sp³-hybridized carbons (Fsp3) is 0. The Kier molecular flexibility index (Phi) is 53.9. The van der Waals surface area contributed by atoms with Crippen molar-refractivity contribution in [1.29, 1.82) is 0 Å². The molecule has 7 heavy (non-hydrogen) atoms. The fourth-order valence-electron chi connectivity index (χ4n) is 0. The summed E-state index contributed by atoms with van der Waals surface area (Å²) in [7, 11) is 0. The Hall–Kier alpha value is 1.22. The van der Waals surface area contributed by atoms with Crippen molar-refractivity contribution >= 4 is 43.6 Å². The Labute approximate surface area is 57.4 Å². The molecular weight excluding hydrogens is 177 g/mol. The van der Waals surface area contributed by atoms with Gasteiger partial charge in [0.15, 0.2) is 0 Å². The summed E-state index contributed by atoms with van der Waals surface area (Å²) < 4.78 is 24.1. The van der Waals surface area contributed by atoms with Gasteiger partial charge in [-0.3, -0.25) is 0 Å². The Bertz CT molecular complexity index is 35.9. The molecule has 1 N–H and O–H groups in total. The van der Waals surface area contributed by atoms with E-state index in [9.17, 15) is 0 Å². The maximum absolute atomic E-state index is 8.56. The number of halogens is 1. The van der Waals surface area contributed by atoms with Gasteiger partial charge < -0.3 is 9.11 Å². The molecule has 3 atom stereocenters. The molecule has 3 unspecified atom stereocenters. The molecule has 0 radical (unpaired) electrons. The highest BCUT2D eigenvalue weighted by Gasteiger charge is 1.42. The zero-order valence-corrected chi connectivity index (χ0v) is 7.96. The summed E-state index contributed by atoms with van der Waals surface area (Å²) in [6.45, 7) is 0. The van der Waals surface area contributed by atoms with Gasteiger partial charge in [-0.2, -0.15) is 19.8 Å². The van der Waals surface area contributed by atoms with Gasteiger partial charge in [0.25, 0.3) is 0 Å². The van der Waals surface area contributed by atoms with Crippen LogP contribution in [0.2, 0.25) is 0 Å². The topological polar surface area (TPSA) is 60.4 Å². The van der Waals surface area contributed by atoms with E-state index in [1.807, 2.05) is 0 Å². The van der Waals surface area contributed by atoms with E-state index in [0.29, 0.717) is 0 Å². The van der Waals surface area contributed by atoms with Crippen LogP contribution in [0.25, 0.3) is 0 Å². The summed E-state index contributed by atoms with van der Waals surface area (Å²) in [6.07, 6.45) is 0. The predicted octanol–water partition coefficient (Wildman–Crippen LogP) is -0.124. The maximum atomic E-state index is 8.56. The minimum atomic E-state index is -2.86. The monoisotopic (exact) mass is 185 g/mol. The van der Waals surface area contributed by atoms with Gasteiger partial charge in [-0.1, -0.05) is 0 Å². The summed E-state index contributed by atoms with van der Waals surface area (Å²) in [6, 6.07) is 0. The molecule has 0 bridgehead atoms. The molecule has 0 aromatic heterocycles. The van der Waals surface area contributed by atoms with Crippen LogP contribution >= 0.6 is 32.2 Å². The van der Waals surface area contributed by atoms with Crippen LogP contribution in [0.3, 0.4) is 0 Å². The van der Waals surface area contributed by atoms with Gasteiger partial charge in [0.1, 0.15) is 0 Å². The molecular formula is H8ClO3P2S-. The van der Waals surface area contributed by atoms with Crippen LogP contribution in [0.4, 0.5) is 0 Å². The van der Waals surface area contributed by atoms with E-state index < -0.39 is 11.4 Å². The lowest BCUT2D eigenvalue weighted by molar-refractivity contribution is 0.436. The van der Waals surface area contributed by atoms with Crippen molar-refractivity contribution in [1.82, 2.24) is 0 Å². The van der Waals surface area contributed by atoms with Gasteiger partial charge in [0.2, 0.25) is 0 Å². The van der Waals surface area contributed by atoms with Gasteiger partial charge >= 0.3 is 0 Å². The molecule has 7 heteroatoms. The van der Waals surface area contributed by atoms with Crippen molar-refractivity contribution in [3.8, 4) is 0 Å². The SMILES string of the molecule is Cl.O=S([O-])O.P.P. The Morgan fingerprint density at radius 2 is 1.43 bits per heavy atom. The molecule has 0 rings (SSSR count). The van der Waals surface area contributed by atoms with Gasteiger partial charge in [-0.15, -0.1) is 12.4 Å². The second-order valence-corrected chi connectivity index (χ2v) is 0.651. The van der Waals surface area contributed by atoms with Crippen LogP contribution in [0.5, 0.6) is 0 Å². The minimum absolute atomic E-state index is 0. The highest BCUT2D eigenvalue weighted by molar-refractivity contribution is 7.73. The lowest BCUT2D eigenvalue weighted by Crippen LogP contribution is -1.75. The third-order valence-electron chi connectivity index (χ3n) is 0. The predicted molar refractivity (Wildman–Crippen MR) is 41.0 cm³/mol. The Balaban J connectivity index is -0.0000000150. The van der Waals surface area contributed by atoms with E-state index in [0.717, 1.165) is 0 Å². The summed E-state index contributed by atoms with van der Waals surface area (Å²) in [5.41, 5.74) is 0. The normalized spacial score (nSPS) is 8.86. The molecule has 0 fully saturated rings. The van der Waals surface area contributed by atoms with E-state index in [-0.39, 0.29) is 32.2 Å². The standard InChI is InChI=1S/ClH.H2O3S.2H3P/c;1-4(2)3;;/h1H;(H2,1,2,3);2*1H3/p-1. The molecule has 0 aliphatic carbocycles. The third-order valence-corrected chi connectivity index (χ3v) is 0. The highest BCUT2D eigenvalue weighted by Crippen LogP contribution is 1.43. The molecule has 0 spiro atoms. The van der Waals surface area contributed by atoms with Crippen LogP contribution in [-0.4, -0.2) is 13.3 Å². The van der Waals surface area contributed by atoms with E-state index in [1.165, 1.54) is 0 Å². The van der Waals surface area contributed by atoms with Gasteiger partial charge in [-0.05, 0) is 0 Å². The maximum Gasteiger partial charge on any atom is 0.0814 e. The molecule has 0 aliphatic heterocycles. The lowest BCUT2D eigenvalue weighted by atomic mass is 15.8. The minimum Gasteiger partial charge on any atom is -0.750 e. The highest BCUT2D eigenvalue weighted by atomic mass is 35.5. The average molecular weight is 186 g/mol. The van der Waals surface area contributed by atoms with Crippen molar-refractivity contribution < 1.29 is 13.3 Å². The largest absolute Gasteiger partial charge is 0.750 e. The van der Waals surface area contributed by atoms with Gasteiger partial charge in [0.05, 0.1) is 11.4 Å². The fourth-order valence-corrected chi connectivity index (χ4v) is 0. The number of hydrogen-bond donors (Lipinski definition) is 1. The smallest absolute Gasteiger partial charge is 0.0814 e. The van der Waals surface area contributed by atoms with Gasteiger partial charge in [0, 0.05) is 0 Å². The van der Waals surface area contributed by atoms with Crippen molar-refractivity contribution in [2.75, 3.05) is 0 Å². The van der Waals surface area contributed by atoms with E-state index in [2.05, 4.69) is 0 Å². The van der Waals surface area contributed by atoms with Crippen LogP contribution in [0.15, 0.2) is 0 Å². The van der Waals surface area contributed by atoms with E-state index >= 15 is 0 Å². The first kappa shape index (κ1) is 24.1. The van der Waals surface area contributed by atoms with E-state index in [1.54, 1.807) is 0 Å².